The fourth-order valence-corrected chi connectivity index (χ4v) is 3.89. The van der Waals surface area contributed by atoms with Crippen molar-refractivity contribution in [2.75, 3.05) is 5.32 Å². The van der Waals surface area contributed by atoms with Crippen LogP contribution in [0.1, 0.15) is 11.1 Å². The average molecular weight is 303 g/mol. The highest BCUT2D eigenvalue weighted by atomic mass is 32.2. The van der Waals surface area contributed by atoms with E-state index in [4.69, 9.17) is 0 Å². The van der Waals surface area contributed by atoms with Crippen LogP contribution in [0.15, 0.2) is 82.6 Å². The molecule has 1 heterocycles. The van der Waals surface area contributed by atoms with Gasteiger partial charge >= 0.3 is 0 Å². The Morgan fingerprint density at radius 3 is 2.36 bits per heavy atom. The standard InChI is InChI=1S/C20H17NS/c1-2-7-15(8-3-1)13-14-16-9-6-12-19-20(16)21-17-10-4-5-11-18(17)22-19/h1-12,21H,13-14H2. The minimum atomic E-state index is 1.06. The van der Waals surface area contributed by atoms with Crippen LogP contribution in [0.5, 0.6) is 0 Å². The molecule has 0 amide bonds. The van der Waals surface area contributed by atoms with Gasteiger partial charge in [-0.05, 0) is 42.2 Å². The van der Waals surface area contributed by atoms with Crippen LogP contribution in [0.2, 0.25) is 0 Å². The molecule has 0 spiro atoms. The van der Waals surface area contributed by atoms with Crippen molar-refractivity contribution in [1.82, 2.24) is 0 Å². The van der Waals surface area contributed by atoms with E-state index in [-0.39, 0.29) is 0 Å². The summed E-state index contributed by atoms with van der Waals surface area (Å²) < 4.78 is 0. The number of anilines is 2. The van der Waals surface area contributed by atoms with Gasteiger partial charge in [-0.2, -0.15) is 0 Å². The van der Waals surface area contributed by atoms with Crippen molar-refractivity contribution in [3.8, 4) is 0 Å². The minimum Gasteiger partial charge on any atom is -0.353 e. The summed E-state index contributed by atoms with van der Waals surface area (Å²) in [6.45, 7) is 0. The lowest BCUT2D eigenvalue weighted by Crippen LogP contribution is -2.04. The lowest BCUT2D eigenvalue weighted by atomic mass is 10.0. The van der Waals surface area contributed by atoms with Gasteiger partial charge in [-0.15, -0.1) is 0 Å². The van der Waals surface area contributed by atoms with Gasteiger partial charge in [-0.25, -0.2) is 0 Å². The maximum atomic E-state index is 3.62. The highest BCUT2D eigenvalue weighted by molar-refractivity contribution is 7.99. The first-order valence-corrected chi connectivity index (χ1v) is 8.41. The summed E-state index contributed by atoms with van der Waals surface area (Å²) in [4.78, 5) is 2.62. The van der Waals surface area contributed by atoms with Crippen LogP contribution >= 0.6 is 11.8 Å². The second-order valence-electron chi connectivity index (χ2n) is 5.50. The molecule has 1 aliphatic rings. The van der Waals surface area contributed by atoms with Crippen LogP contribution in [-0.2, 0) is 12.8 Å². The monoisotopic (exact) mass is 303 g/mol. The highest BCUT2D eigenvalue weighted by Crippen LogP contribution is 2.45. The maximum absolute atomic E-state index is 3.62. The van der Waals surface area contributed by atoms with E-state index in [1.807, 2.05) is 11.8 Å². The molecule has 22 heavy (non-hydrogen) atoms. The Morgan fingerprint density at radius 1 is 0.682 bits per heavy atom. The van der Waals surface area contributed by atoms with Crippen molar-refractivity contribution in [2.45, 2.75) is 22.6 Å². The summed E-state index contributed by atoms with van der Waals surface area (Å²) in [5.41, 5.74) is 5.28. The smallest absolute Gasteiger partial charge is 0.0559 e. The van der Waals surface area contributed by atoms with Crippen LogP contribution in [0.25, 0.3) is 0 Å². The number of nitrogens with one attached hydrogen (secondary N) is 1. The molecule has 3 aromatic rings. The lowest BCUT2D eigenvalue weighted by molar-refractivity contribution is 0.956. The van der Waals surface area contributed by atoms with Gasteiger partial charge in [0.1, 0.15) is 0 Å². The molecule has 0 unspecified atom stereocenters. The molecule has 0 saturated carbocycles. The zero-order chi connectivity index (χ0) is 14.8. The first-order valence-electron chi connectivity index (χ1n) is 7.60. The summed E-state index contributed by atoms with van der Waals surface area (Å²) in [5, 5.41) is 3.62. The fourth-order valence-electron chi connectivity index (χ4n) is 2.85. The normalized spacial score (nSPS) is 12.2. The molecular weight excluding hydrogens is 286 g/mol. The van der Waals surface area contributed by atoms with E-state index < -0.39 is 0 Å². The summed E-state index contributed by atoms with van der Waals surface area (Å²) in [6, 6.07) is 25.8. The summed E-state index contributed by atoms with van der Waals surface area (Å²) >= 11 is 1.86. The molecule has 4 rings (SSSR count). The minimum absolute atomic E-state index is 1.06. The van der Waals surface area contributed by atoms with E-state index in [0.717, 1.165) is 12.8 Å². The molecule has 2 heteroatoms. The fraction of sp³-hybridized carbons (Fsp3) is 0.100. The zero-order valence-corrected chi connectivity index (χ0v) is 13.1. The van der Waals surface area contributed by atoms with Crippen LogP contribution in [0.3, 0.4) is 0 Å². The number of fused-ring (bicyclic) bond motifs is 2. The van der Waals surface area contributed by atoms with Crippen LogP contribution < -0.4 is 5.32 Å². The number of para-hydroxylation sites is 2. The number of aryl methyl sites for hydroxylation is 2. The largest absolute Gasteiger partial charge is 0.353 e. The van der Waals surface area contributed by atoms with E-state index in [1.165, 1.54) is 32.3 Å². The number of hydrogen-bond acceptors (Lipinski definition) is 2. The van der Waals surface area contributed by atoms with Gasteiger partial charge in [-0.1, -0.05) is 66.4 Å². The number of benzene rings is 3. The molecule has 0 aliphatic carbocycles. The second kappa shape index (κ2) is 5.90. The van der Waals surface area contributed by atoms with Gasteiger partial charge in [0.05, 0.1) is 11.4 Å². The van der Waals surface area contributed by atoms with E-state index >= 15 is 0 Å². The molecule has 0 bridgehead atoms. The van der Waals surface area contributed by atoms with E-state index in [1.54, 1.807) is 0 Å². The predicted octanol–water partition coefficient (Wildman–Crippen LogP) is 5.68. The molecule has 0 atom stereocenters. The Labute approximate surface area is 135 Å². The first kappa shape index (κ1) is 13.5. The lowest BCUT2D eigenvalue weighted by Gasteiger charge is -2.23. The van der Waals surface area contributed by atoms with E-state index in [0.29, 0.717) is 0 Å². The average Bonchev–Trinajstić information content (AvgIpc) is 2.59. The van der Waals surface area contributed by atoms with Gasteiger partial charge in [0, 0.05) is 9.79 Å². The van der Waals surface area contributed by atoms with Crippen LogP contribution in [0.4, 0.5) is 11.4 Å². The van der Waals surface area contributed by atoms with Crippen molar-refractivity contribution in [3.05, 3.63) is 83.9 Å². The molecule has 3 aromatic carbocycles. The summed E-state index contributed by atoms with van der Waals surface area (Å²) in [6.07, 6.45) is 2.13. The molecule has 1 N–H and O–H groups in total. The Kier molecular flexibility index (Phi) is 3.61. The Morgan fingerprint density at radius 2 is 1.45 bits per heavy atom. The highest BCUT2D eigenvalue weighted by Gasteiger charge is 2.17. The molecule has 0 saturated heterocycles. The SMILES string of the molecule is c1ccc(CCc2cccc3c2Nc2ccccc2S3)cc1. The number of rotatable bonds is 3. The molecular formula is C20H17NS. The third-order valence-corrected chi connectivity index (χ3v) is 5.14. The Bertz CT molecular complexity index is 796. The summed E-state index contributed by atoms with van der Waals surface area (Å²) in [5.74, 6) is 0. The van der Waals surface area contributed by atoms with Crippen molar-refractivity contribution < 1.29 is 0 Å². The van der Waals surface area contributed by atoms with Crippen LogP contribution in [-0.4, -0.2) is 0 Å². The predicted molar refractivity (Wildman–Crippen MR) is 94.1 cm³/mol. The quantitative estimate of drug-likeness (QED) is 0.522. The van der Waals surface area contributed by atoms with Crippen molar-refractivity contribution in [3.63, 3.8) is 0 Å². The van der Waals surface area contributed by atoms with Crippen molar-refractivity contribution in [2.24, 2.45) is 0 Å². The Balaban J connectivity index is 1.61. The van der Waals surface area contributed by atoms with Crippen molar-refractivity contribution >= 4 is 23.1 Å². The number of hydrogen-bond donors (Lipinski definition) is 1. The molecule has 108 valence electrons. The topological polar surface area (TPSA) is 12.0 Å². The third-order valence-electron chi connectivity index (χ3n) is 4.01. The molecule has 1 nitrogen and oxygen atoms in total. The summed E-state index contributed by atoms with van der Waals surface area (Å²) in [7, 11) is 0. The van der Waals surface area contributed by atoms with Gasteiger partial charge in [0.25, 0.3) is 0 Å². The maximum Gasteiger partial charge on any atom is 0.0559 e. The van der Waals surface area contributed by atoms with Gasteiger partial charge in [0.15, 0.2) is 0 Å². The third kappa shape index (κ3) is 2.62. The van der Waals surface area contributed by atoms with Crippen LogP contribution in [0, 0.1) is 0 Å². The van der Waals surface area contributed by atoms with E-state index in [9.17, 15) is 0 Å². The van der Waals surface area contributed by atoms with Crippen molar-refractivity contribution in [1.29, 1.82) is 0 Å². The van der Waals surface area contributed by atoms with Gasteiger partial charge in [0.2, 0.25) is 0 Å². The zero-order valence-electron chi connectivity index (χ0n) is 12.3. The van der Waals surface area contributed by atoms with Gasteiger partial charge in [-0.3, -0.25) is 0 Å². The van der Waals surface area contributed by atoms with Gasteiger partial charge < -0.3 is 5.32 Å². The molecule has 0 fully saturated rings. The first-order chi connectivity index (χ1) is 10.9. The molecule has 1 aliphatic heterocycles. The Hall–Kier alpha value is -2.19. The molecule has 0 aromatic heterocycles. The second-order valence-corrected chi connectivity index (χ2v) is 6.58. The van der Waals surface area contributed by atoms with E-state index in [2.05, 4.69) is 78.1 Å². The molecule has 0 radical (unpaired) electrons.